The number of ether oxygens (including phenoxy) is 2. The van der Waals surface area contributed by atoms with Crippen LogP contribution in [0.25, 0.3) is 0 Å². The van der Waals surface area contributed by atoms with E-state index in [1.807, 2.05) is 42.1 Å². The van der Waals surface area contributed by atoms with Crippen LogP contribution in [0.5, 0.6) is 11.5 Å². The van der Waals surface area contributed by atoms with Crippen LogP contribution in [0, 0.1) is 0 Å². The number of aliphatic imine (C=N–C) groups is 1. The highest BCUT2D eigenvalue weighted by Gasteiger charge is 1.98. The second-order valence-corrected chi connectivity index (χ2v) is 5.72. The fourth-order valence-electron chi connectivity index (χ4n) is 1.74. The summed E-state index contributed by atoms with van der Waals surface area (Å²) in [6.45, 7) is 8.64. The van der Waals surface area contributed by atoms with E-state index in [9.17, 15) is 0 Å². The topological polar surface area (TPSA) is 54.9 Å². The Kier molecular flexibility index (Phi) is 10.6. The second-order valence-electron chi connectivity index (χ2n) is 4.58. The van der Waals surface area contributed by atoms with Crippen LogP contribution in [-0.4, -0.2) is 50.8 Å². The zero-order chi connectivity index (χ0) is 16.8. The normalized spacial score (nSPS) is 11.0. The first kappa shape index (κ1) is 19.2. The van der Waals surface area contributed by atoms with E-state index in [2.05, 4.69) is 29.1 Å². The highest BCUT2D eigenvalue weighted by molar-refractivity contribution is 7.99. The van der Waals surface area contributed by atoms with Crippen molar-refractivity contribution >= 4 is 17.7 Å². The number of nitrogens with one attached hydrogen (secondary N) is 2. The predicted octanol–water partition coefficient (Wildman–Crippen LogP) is 2.55. The van der Waals surface area contributed by atoms with Crippen molar-refractivity contribution in [3.05, 3.63) is 36.9 Å². The molecule has 0 saturated carbocycles. The highest BCUT2D eigenvalue weighted by atomic mass is 32.2. The molecule has 1 rings (SSSR count). The molecule has 128 valence electrons. The lowest BCUT2D eigenvalue weighted by Crippen LogP contribution is -2.39. The molecule has 0 spiro atoms. The standard InChI is InChI=1S/C17H27N3O2S/c1-4-13-23-14-11-20-17(18-5-2)19-10-12-22-16-8-6-15(21-3)7-9-16/h4,6-9H,1,5,10-14H2,2-3H3,(H2,18,19,20). The van der Waals surface area contributed by atoms with E-state index >= 15 is 0 Å². The van der Waals surface area contributed by atoms with E-state index in [1.54, 1.807) is 7.11 Å². The molecule has 0 saturated heterocycles. The average Bonchev–Trinajstić information content (AvgIpc) is 2.59. The van der Waals surface area contributed by atoms with Crippen LogP contribution in [0.2, 0.25) is 0 Å². The monoisotopic (exact) mass is 337 g/mol. The van der Waals surface area contributed by atoms with Gasteiger partial charge in [-0.15, -0.1) is 6.58 Å². The molecule has 23 heavy (non-hydrogen) atoms. The maximum Gasteiger partial charge on any atom is 0.191 e. The van der Waals surface area contributed by atoms with Gasteiger partial charge >= 0.3 is 0 Å². The molecule has 0 radical (unpaired) electrons. The van der Waals surface area contributed by atoms with Gasteiger partial charge in [-0.05, 0) is 31.2 Å². The summed E-state index contributed by atoms with van der Waals surface area (Å²) < 4.78 is 10.8. The molecule has 5 nitrogen and oxygen atoms in total. The Morgan fingerprint density at radius 2 is 2.00 bits per heavy atom. The Morgan fingerprint density at radius 3 is 2.65 bits per heavy atom. The molecule has 0 aromatic heterocycles. The SMILES string of the molecule is C=CCSCCN=C(NCC)NCCOc1ccc(OC)cc1. The molecule has 2 N–H and O–H groups in total. The lowest BCUT2D eigenvalue weighted by Gasteiger charge is -2.12. The zero-order valence-electron chi connectivity index (χ0n) is 14.0. The molecule has 1 aromatic carbocycles. The fraction of sp³-hybridized carbons (Fsp3) is 0.471. The molecular formula is C17H27N3O2S. The summed E-state index contributed by atoms with van der Waals surface area (Å²) in [5, 5.41) is 6.49. The van der Waals surface area contributed by atoms with Crippen molar-refractivity contribution in [2.24, 2.45) is 4.99 Å². The Bertz CT molecular complexity index is 463. The number of thioether (sulfide) groups is 1. The summed E-state index contributed by atoms with van der Waals surface area (Å²) in [6.07, 6.45) is 1.91. The number of hydrogen-bond acceptors (Lipinski definition) is 4. The first-order chi connectivity index (χ1) is 11.3. The van der Waals surface area contributed by atoms with Gasteiger partial charge in [0.15, 0.2) is 5.96 Å². The van der Waals surface area contributed by atoms with Gasteiger partial charge in [0, 0.05) is 18.1 Å². The third-order valence-corrected chi connectivity index (χ3v) is 3.75. The molecular weight excluding hydrogens is 310 g/mol. The molecule has 0 atom stereocenters. The molecule has 0 aliphatic rings. The third-order valence-electron chi connectivity index (χ3n) is 2.81. The average molecular weight is 337 g/mol. The van der Waals surface area contributed by atoms with Gasteiger partial charge in [-0.3, -0.25) is 4.99 Å². The third kappa shape index (κ3) is 9.03. The van der Waals surface area contributed by atoms with E-state index in [4.69, 9.17) is 9.47 Å². The number of methoxy groups -OCH3 is 1. The Labute approximate surface area is 143 Å². The van der Waals surface area contributed by atoms with Gasteiger partial charge in [-0.2, -0.15) is 11.8 Å². The first-order valence-corrected chi connectivity index (χ1v) is 8.93. The van der Waals surface area contributed by atoms with Crippen molar-refractivity contribution in [2.45, 2.75) is 6.92 Å². The van der Waals surface area contributed by atoms with Crippen molar-refractivity contribution < 1.29 is 9.47 Å². The highest BCUT2D eigenvalue weighted by Crippen LogP contribution is 2.16. The van der Waals surface area contributed by atoms with Crippen molar-refractivity contribution in [1.29, 1.82) is 0 Å². The molecule has 6 heteroatoms. The van der Waals surface area contributed by atoms with Gasteiger partial charge in [-0.1, -0.05) is 6.08 Å². The number of benzene rings is 1. The molecule has 0 bridgehead atoms. The molecule has 0 fully saturated rings. The number of rotatable bonds is 11. The van der Waals surface area contributed by atoms with E-state index < -0.39 is 0 Å². The van der Waals surface area contributed by atoms with Gasteiger partial charge in [0.05, 0.1) is 20.2 Å². The van der Waals surface area contributed by atoms with Gasteiger partial charge in [0.1, 0.15) is 18.1 Å². The lowest BCUT2D eigenvalue weighted by molar-refractivity contribution is 0.321. The Hall–Kier alpha value is -1.82. The minimum Gasteiger partial charge on any atom is -0.497 e. The van der Waals surface area contributed by atoms with Crippen LogP contribution in [0.1, 0.15) is 6.92 Å². The Morgan fingerprint density at radius 1 is 1.26 bits per heavy atom. The molecule has 0 aliphatic heterocycles. The number of hydrogen-bond donors (Lipinski definition) is 2. The Balaban J connectivity index is 2.25. The smallest absolute Gasteiger partial charge is 0.191 e. The molecule has 0 heterocycles. The quantitative estimate of drug-likeness (QED) is 0.281. The summed E-state index contributed by atoms with van der Waals surface area (Å²) in [4.78, 5) is 4.52. The van der Waals surface area contributed by atoms with Gasteiger partial charge in [0.25, 0.3) is 0 Å². The van der Waals surface area contributed by atoms with Crippen LogP contribution >= 0.6 is 11.8 Å². The first-order valence-electron chi connectivity index (χ1n) is 7.77. The van der Waals surface area contributed by atoms with Crippen molar-refractivity contribution in [3.63, 3.8) is 0 Å². The van der Waals surface area contributed by atoms with E-state index in [0.29, 0.717) is 13.2 Å². The summed E-state index contributed by atoms with van der Waals surface area (Å²) in [5.41, 5.74) is 0. The molecule has 0 aliphatic carbocycles. The van der Waals surface area contributed by atoms with Gasteiger partial charge < -0.3 is 20.1 Å². The molecule has 0 amide bonds. The minimum absolute atomic E-state index is 0.571. The van der Waals surface area contributed by atoms with Crippen LogP contribution in [0.4, 0.5) is 0 Å². The summed E-state index contributed by atoms with van der Waals surface area (Å²) in [5.74, 6) is 4.44. The van der Waals surface area contributed by atoms with E-state index in [0.717, 1.165) is 42.1 Å². The molecule has 0 unspecified atom stereocenters. The molecule has 1 aromatic rings. The van der Waals surface area contributed by atoms with E-state index in [-0.39, 0.29) is 0 Å². The van der Waals surface area contributed by atoms with E-state index in [1.165, 1.54) is 0 Å². The lowest BCUT2D eigenvalue weighted by atomic mass is 10.3. The minimum atomic E-state index is 0.571. The fourth-order valence-corrected chi connectivity index (χ4v) is 2.29. The van der Waals surface area contributed by atoms with Gasteiger partial charge in [-0.25, -0.2) is 0 Å². The summed E-state index contributed by atoms with van der Waals surface area (Å²) >= 11 is 1.83. The van der Waals surface area contributed by atoms with Crippen molar-refractivity contribution in [1.82, 2.24) is 10.6 Å². The van der Waals surface area contributed by atoms with Crippen LogP contribution in [-0.2, 0) is 0 Å². The van der Waals surface area contributed by atoms with Crippen molar-refractivity contribution in [2.75, 3.05) is 44.9 Å². The summed E-state index contributed by atoms with van der Waals surface area (Å²) in [7, 11) is 1.65. The maximum absolute atomic E-state index is 5.68. The number of nitrogens with zero attached hydrogens (tertiary/aromatic N) is 1. The largest absolute Gasteiger partial charge is 0.497 e. The van der Waals surface area contributed by atoms with Crippen LogP contribution < -0.4 is 20.1 Å². The predicted molar refractivity (Wildman–Crippen MR) is 100.0 cm³/mol. The summed E-state index contributed by atoms with van der Waals surface area (Å²) in [6, 6.07) is 7.56. The van der Waals surface area contributed by atoms with Gasteiger partial charge in [0.2, 0.25) is 0 Å². The van der Waals surface area contributed by atoms with Crippen LogP contribution in [0.15, 0.2) is 41.9 Å². The van der Waals surface area contributed by atoms with Crippen LogP contribution in [0.3, 0.4) is 0 Å². The zero-order valence-corrected chi connectivity index (χ0v) is 14.8. The maximum atomic E-state index is 5.68. The second kappa shape index (κ2) is 12.7. The van der Waals surface area contributed by atoms with Crippen molar-refractivity contribution in [3.8, 4) is 11.5 Å². The number of guanidine groups is 1.